The van der Waals surface area contributed by atoms with Gasteiger partial charge in [-0.2, -0.15) is 5.26 Å². The average Bonchev–Trinajstić information content (AvgIpc) is 2.38. The highest BCUT2D eigenvalue weighted by Crippen LogP contribution is 2.15. The van der Waals surface area contributed by atoms with Crippen molar-refractivity contribution in [1.29, 1.82) is 5.26 Å². The molecule has 1 heterocycles. The number of halogens is 1. The number of benzene rings is 1. The molecular weight excluding hydrogens is 292 g/mol. The second kappa shape index (κ2) is 6.18. The number of hydrogen-bond donors (Lipinski definition) is 0. The summed E-state index contributed by atoms with van der Waals surface area (Å²) in [6.45, 7) is 0.476. The van der Waals surface area contributed by atoms with E-state index in [4.69, 9.17) is 10.00 Å². The molecule has 0 atom stereocenters. The third-order valence-corrected chi connectivity index (χ3v) is 2.81. The summed E-state index contributed by atoms with van der Waals surface area (Å²) in [5.74, 6) is 0.789. The van der Waals surface area contributed by atoms with Gasteiger partial charge >= 0.3 is 0 Å². The third-order valence-electron chi connectivity index (χ3n) is 2.37. The minimum absolute atomic E-state index is 0.426. The summed E-state index contributed by atoms with van der Waals surface area (Å²) in [6.07, 6.45) is 3.94. The molecule has 2 rings (SSSR count). The zero-order valence-corrected chi connectivity index (χ0v) is 11.2. The largest absolute Gasteiger partial charge is 0.489 e. The Kier molecular flexibility index (Phi) is 4.32. The van der Waals surface area contributed by atoms with Gasteiger partial charge in [0.25, 0.3) is 0 Å². The Morgan fingerprint density at radius 3 is 2.61 bits per heavy atom. The standard InChI is InChI=1S/C14H11BrN2O/c15-13-7-12(8-17-9-13)10-18-14-3-1-11(2-4-14)5-6-16/h1-4,7-9H,5,10H2. The van der Waals surface area contributed by atoms with Crippen molar-refractivity contribution < 1.29 is 4.74 Å². The van der Waals surface area contributed by atoms with Gasteiger partial charge in [0.2, 0.25) is 0 Å². The van der Waals surface area contributed by atoms with Crippen LogP contribution < -0.4 is 4.74 Å². The minimum atomic E-state index is 0.426. The summed E-state index contributed by atoms with van der Waals surface area (Å²) < 4.78 is 6.57. The van der Waals surface area contributed by atoms with Crippen LogP contribution in [0.15, 0.2) is 47.2 Å². The van der Waals surface area contributed by atoms with Crippen LogP contribution in [0, 0.1) is 11.3 Å². The van der Waals surface area contributed by atoms with Gasteiger partial charge in [-0.25, -0.2) is 0 Å². The molecule has 0 amide bonds. The van der Waals surface area contributed by atoms with Gasteiger partial charge in [-0.1, -0.05) is 12.1 Å². The smallest absolute Gasteiger partial charge is 0.119 e. The molecule has 1 aromatic carbocycles. The first kappa shape index (κ1) is 12.6. The lowest BCUT2D eigenvalue weighted by molar-refractivity contribution is 0.305. The molecule has 0 fully saturated rings. The number of nitrogens with zero attached hydrogens (tertiary/aromatic N) is 2. The van der Waals surface area contributed by atoms with Gasteiger partial charge in [0.05, 0.1) is 12.5 Å². The maximum Gasteiger partial charge on any atom is 0.119 e. The Bertz CT molecular complexity index is 561. The number of aromatic nitrogens is 1. The molecular formula is C14H11BrN2O. The Labute approximate surface area is 114 Å². The summed E-state index contributed by atoms with van der Waals surface area (Å²) in [5.41, 5.74) is 2.00. The quantitative estimate of drug-likeness (QED) is 0.868. The normalized spacial score (nSPS) is 9.78. The molecule has 0 spiro atoms. The van der Waals surface area contributed by atoms with Crippen LogP contribution in [0.1, 0.15) is 11.1 Å². The first-order valence-corrected chi connectivity index (χ1v) is 6.25. The molecule has 18 heavy (non-hydrogen) atoms. The van der Waals surface area contributed by atoms with Crippen LogP contribution in [-0.4, -0.2) is 4.98 Å². The fraction of sp³-hybridized carbons (Fsp3) is 0.143. The molecule has 0 N–H and O–H groups in total. The van der Waals surface area contributed by atoms with Crippen LogP contribution in [-0.2, 0) is 13.0 Å². The van der Waals surface area contributed by atoms with E-state index in [2.05, 4.69) is 27.0 Å². The van der Waals surface area contributed by atoms with Crippen LogP contribution in [0.5, 0.6) is 5.75 Å². The monoisotopic (exact) mass is 302 g/mol. The highest BCUT2D eigenvalue weighted by atomic mass is 79.9. The number of nitriles is 1. The summed E-state index contributed by atoms with van der Waals surface area (Å²) >= 11 is 3.37. The van der Waals surface area contributed by atoms with E-state index in [9.17, 15) is 0 Å². The van der Waals surface area contributed by atoms with Gasteiger partial charge in [0.1, 0.15) is 12.4 Å². The molecule has 0 saturated heterocycles. The Morgan fingerprint density at radius 1 is 1.17 bits per heavy atom. The molecule has 0 aliphatic rings. The third kappa shape index (κ3) is 3.57. The van der Waals surface area contributed by atoms with Crippen molar-refractivity contribution in [3.05, 3.63) is 58.3 Å². The summed E-state index contributed by atoms with van der Waals surface area (Å²) in [6, 6.07) is 11.6. The molecule has 0 bridgehead atoms. The number of pyridine rings is 1. The van der Waals surface area contributed by atoms with Crippen molar-refractivity contribution in [1.82, 2.24) is 4.98 Å². The van der Waals surface area contributed by atoms with E-state index >= 15 is 0 Å². The first-order chi connectivity index (χ1) is 8.78. The van der Waals surface area contributed by atoms with Crippen molar-refractivity contribution in [3.63, 3.8) is 0 Å². The zero-order chi connectivity index (χ0) is 12.8. The lowest BCUT2D eigenvalue weighted by atomic mass is 10.2. The van der Waals surface area contributed by atoms with E-state index in [0.29, 0.717) is 13.0 Å². The molecule has 0 saturated carbocycles. The number of ether oxygens (including phenoxy) is 1. The fourth-order valence-electron chi connectivity index (χ4n) is 1.50. The van der Waals surface area contributed by atoms with Gasteiger partial charge in [-0.15, -0.1) is 0 Å². The van der Waals surface area contributed by atoms with Crippen molar-refractivity contribution in [2.24, 2.45) is 0 Å². The Balaban J connectivity index is 1.96. The van der Waals surface area contributed by atoms with Crippen molar-refractivity contribution >= 4 is 15.9 Å². The van der Waals surface area contributed by atoms with Crippen LogP contribution in [0.25, 0.3) is 0 Å². The topological polar surface area (TPSA) is 45.9 Å². The lowest BCUT2D eigenvalue weighted by Gasteiger charge is -2.06. The van der Waals surface area contributed by atoms with Gasteiger partial charge < -0.3 is 4.74 Å². The van der Waals surface area contributed by atoms with Crippen molar-refractivity contribution in [3.8, 4) is 11.8 Å². The first-order valence-electron chi connectivity index (χ1n) is 5.46. The maximum atomic E-state index is 8.57. The second-order valence-corrected chi connectivity index (χ2v) is 4.69. The predicted octanol–water partition coefficient (Wildman–Crippen LogP) is 3.49. The van der Waals surface area contributed by atoms with Gasteiger partial charge in [-0.3, -0.25) is 4.98 Å². The van der Waals surface area contributed by atoms with E-state index < -0.39 is 0 Å². The van der Waals surface area contributed by atoms with Crippen LogP contribution in [0.2, 0.25) is 0 Å². The van der Waals surface area contributed by atoms with Crippen LogP contribution >= 0.6 is 15.9 Å². The van der Waals surface area contributed by atoms with Gasteiger partial charge in [0.15, 0.2) is 0 Å². The zero-order valence-electron chi connectivity index (χ0n) is 9.64. The molecule has 0 unspecified atom stereocenters. The van der Waals surface area contributed by atoms with E-state index in [1.165, 1.54) is 0 Å². The van der Waals surface area contributed by atoms with Crippen molar-refractivity contribution in [2.45, 2.75) is 13.0 Å². The number of rotatable bonds is 4. The predicted molar refractivity (Wildman–Crippen MR) is 72.0 cm³/mol. The van der Waals surface area contributed by atoms with Gasteiger partial charge in [0, 0.05) is 22.4 Å². The summed E-state index contributed by atoms with van der Waals surface area (Å²) in [5, 5.41) is 8.57. The Hall–Kier alpha value is -1.86. The highest BCUT2D eigenvalue weighted by Gasteiger charge is 1.98. The molecule has 90 valence electrons. The van der Waals surface area contributed by atoms with Crippen molar-refractivity contribution in [2.75, 3.05) is 0 Å². The van der Waals surface area contributed by atoms with E-state index in [1.807, 2.05) is 30.3 Å². The summed E-state index contributed by atoms with van der Waals surface area (Å²) in [7, 11) is 0. The fourth-order valence-corrected chi connectivity index (χ4v) is 1.91. The van der Waals surface area contributed by atoms with Crippen LogP contribution in [0.3, 0.4) is 0 Å². The van der Waals surface area contributed by atoms with E-state index in [0.717, 1.165) is 21.3 Å². The van der Waals surface area contributed by atoms with E-state index in [-0.39, 0.29) is 0 Å². The Morgan fingerprint density at radius 2 is 1.94 bits per heavy atom. The molecule has 2 aromatic rings. The summed E-state index contributed by atoms with van der Waals surface area (Å²) in [4.78, 5) is 4.07. The average molecular weight is 303 g/mol. The highest BCUT2D eigenvalue weighted by molar-refractivity contribution is 9.10. The molecule has 3 nitrogen and oxygen atoms in total. The van der Waals surface area contributed by atoms with Gasteiger partial charge in [-0.05, 0) is 39.7 Å². The SMILES string of the molecule is N#CCc1ccc(OCc2cncc(Br)c2)cc1. The second-order valence-electron chi connectivity index (χ2n) is 3.78. The molecule has 0 aliphatic carbocycles. The minimum Gasteiger partial charge on any atom is -0.489 e. The molecule has 4 heteroatoms. The van der Waals surface area contributed by atoms with Crippen LogP contribution in [0.4, 0.5) is 0 Å². The van der Waals surface area contributed by atoms with E-state index in [1.54, 1.807) is 12.4 Å². The maximum absolute atomic E-state index is 8.57. The number of hydrogen-bond acceptors (Lipinski definition) is 3. The molecule has 0 aliphatic heterocycles. The molecule has 1 aromatic heterocycles. The molecule has 0 radical (unpaired) electrons. The lowest BCUT2D eigenvalue weighted by Crippen LogP contribution is -1.96.